The molecule has 25 heavy (non-hydrogen) atoms. The van der Waals surface area contributed by atoms with Crippen LogP contribution in [-0.4, -0.2) is 21.5 Å². The van der Waals surface area contributed by atoms with Crippen LogP contribution in [0.25, 0.3) is 16.8 Å². The SMILES string of the molecule is Cc1c(F)cccc1-c1ccc2nc(NC(=O)C3CC3F)c(F)n2c1. The number of imidazole rings is 1. The van der Waals surface area contributed by atoms with Gasteiger partial charge in [-0.2, -0.15) is 4.39 Å². The Kier molecular flexibility index (Phi) is 3.52. The number of hydrogen-bond donors (Lipinski definition) is 1. The fourth-order valence-corrected chi connectivity index (χ4v) is 2.82. The number of amides is 1. The first kappa shape index (κ1) is 15.7. The summed E-state index contributed by atoms with van der Waals surface area (Å²) >= 11 is 0. The molecule has 0 spiro atoms. The van der Waals surface area contributed by atoms with Crippen molar-refractivity contribution in [3.8, 4) is 11.1 Å². The number of nitrogens with zero attached hydrogens (tertiary/aromatic N) is 2. The summed E-state index contributed by atoms with van der Waals surface area (Å²) in [4.78, 5) is 15.8. The van der Waals surface area contributed by atoms with Crippen molar-refractivity contribution in [1.29, 1.82) is 0 Å². The van der Waals surface area contributed by atoms with Gasteiger partial charge in [0.1, 0.15) is 17.6 Å². The van der Waals surface area contributed by atoms with E-state index in [-0.39, 0.29) is 18.1 Å². The molecule has 3 aromatic rings. The van der Waals surface area contributed by atoms with Crippen LogP contribution < -0.4 is 5.32 Å². The van der Waals surface area contributed by atoms with Crippen LogP contribution in [0.5, 0.6) is 0 Å². The van der Waals surface area contributed by atoms with Gasteiger partial charge in [-0.05, 0) is 48.2 Å². The van der Waals surface area contributed by atoms with Crippen LogP contribution in [0.4, 0.5) is 19.0 Å². The first-order valence-corrected chi connectivity index (χ1v) is 7.83. The third kappa shape index (κ3) is 2.65. The molecule has 1 saturated carbocycles. The maximum absolute atomic E-state index is 14.6. The average molecular weight is 345 g/mol. The fraction of sp³-hybridized carbons (Fsp3) is 0.222. The molecule has 4 rings (SSSR count). The lowest BCUT2D eigenvalue weighted by atomic mass is 10.0. The van der Waals surface area contributed by atoms with Gasteiger partial charge in [-0.25, -0.2) is 13.8 Å². The van der Waals surface area contributed by atoms with Crippen molar-refractivity contribution in [3.63, 3.8) is 0 Å². The average Bonchev–Trinajstić information content (AvgIpc) is 3.25. The second-order valence-corrected chi connectivity index (χ2v) is 6.16. The van der Waals surface area contributed by atoms with Crippen LogP contribution in [0.1, 0.15) is 12.0 Å². The van der Waals surface area contributed by atoms with E-state index in [1.54, 1.807) is 31.2 Å². The fourth-order valence-electron chi connectivity index (χ4n) is 2.82. The second-order valence-electron chi connectivity index (χ2n) is 6.16. The molecular formula is C18H14F3N3O. The monoisotopic (exact) mass is 345 g/mol. The van der Waals surface area contributed by atoms with E-state index in [4.69, 9.17) is 0 Å². The number of hydrogen-bond acceptors (Lipinski definition) is 2. The highest BCUT2D eigenvalue weighted by molar-refractivity contribution is 5.94. The van der Waals surface area contributed by atoms with Gasteiger partial charge in [-0.3, -0.25) is 9.20 Å². The van der Waals surface area contributed by atoms with Gasteiger partial charge in [0.05, 0.1) is 5.92 Å². The van der Waals surface area contributed by atoms with Gasteiger partial charge in [0, 0.05) is 6.20 Å². The molecule has 1 aliphatic carbocycles. The predicted molar refractivity (Wildman–Crippen MR) is 86.9 cm³/mol. The molecule has 4 nitrogen and oxygen atoms in total. The molecule has 2 atom stereocenters. The third-order valence-corrected chi connectivity index (χ3v) is 4.43. The molecule has 2 aromatic heterocycles. The number of carbonyl (C=O) groups excluding carboxylic acids is 1. The molecule has 1 aromatic carbocycles. The number of alkyl halides is 1. The van der Waals surface area contributed by atoms with Crippen LogP contribution in [0.15, 0.2) is 36.5 Å². The molecule has 128 valence electrons. The quantitative estimate of drug-likeness (QED) is 0.783. The number of rotatable bonds is 3. The van der Waals surface area contributed by atoms with Gasteiger partial charge in [0.15, 0.2) is 5.82 Å². The minimum absolute atomic E-state index is 0.157. The highest BCUT2D eigenvalue weighted by atomic mass is 19.1. The van der Waals surface area contributed by atoms with Crippen LogP contribution in [0, 0.1) is 24.6 Å². The van der Waals surface area contributed by atoms with Crippen molar-refractivity contribution < 1.29 is 18.0 Å². The zero-order valence-electron chi connectivity index (χ0n) is 13.3. The summed E-state index contributed by atoms with van der Waals surface area (Å²) in [6, 6.07) is 7.96. The van der Waals surface area contributed by atoms with E-state index in [0.29, 0.717) is 22.3 Å². The Morgan fingerprint density at radius 2 is 2.04 bits per heavy atom. The lowest BCUT2D eigenvalue weighted by Gasteiger charge is -2.07. The summed E-state index contributed by atoms with van der Waals surface area (Å²) in [6.07, 6.45) is 0.483. The number of anilines is 1. The third-order valence-electron chi connectivity index (χ3n) is 4.43. The number of carbonyl (C=O) groups is 1. The summed E-state index contributed by atoms with van der Waals surface area (Å²) in [5.41, 5.74) is 2.00. The van der Waals surface area contributed by atoms with Crippen molar-refractivity contribution >= 4 is 17.4 Å². The van der Waals surface area contributed by atoms with Crippen LogP contribution in [-0.2, 0) is 4.79 Å². The largest absolute Gasteiger partial charge is 0.307 e. The minimum atomic E-state index is -1.16. The van der Waals surface area contributed by atoms with Gasteiger partial charge in [-0.15, -0.1) is 0 Å². The summed E-state index contributed by atoms with van der Waals surface area (Å²) in [7, 11) is 0. The van der Waals surface area contributed by atoms with Crippen LogP contribution in [0.3, 0.4) is 0 Å². The Labute approximate surface area is 141 Å². The number of halogens is 3. The number of aromatic nitrogens is 2. The van der Waals surface area contributed by atoms with Gasteiger partial charge >= 0.3 is 0 Å². The zero-order valence-corrected chi connectivity index (χ0v) is 13.3. The number of benzene rings is 1. The molecule has 1 N–H and O–H groups in total. The highest BCUT2D eigenvalue weighted by Gasteiger charge is 2.44. The van der Waals surface area contributed by atoms with E-state index in [2.05, 4.69) is 10.3 Å². The number of fused-ring (bicyclic) bond motifs is 1. The lowest BCUT2D eigenvalue weighted by molar-refractivity contribution is -0.117. The van der Waals surface area contributed by atoms with Crippen LogP contribution in [0.2, 0.25) is 0 Å². The highest BCUT2D eigenvalue weighted by Crippen LogP contribution is 2.35. The van der Waals surface area contributed by atoms with E-state index in [0.717, 1.165) is 0 Å². The molecule has 0 bridgehead atoms. The molecule has 1 amide bonds. The van der Waals surface area contributed by atoms with Gasteiger partial charge in [-0.1, -0.05) is 12.1 Å². The Morgan fingerprint density at radius 3 is 2.76 bits per heavy atom. The van der Waals surface area contributed by atoms with Crippen LogP contribution >= 0.6 is 0 Å². The van der Waals surface area contributed by atoms with Crippen molar-refractivity contribution in [2.75, 3.05) is 5.32 Å². The van der Waals surface area contributed by atoms with Crippen molar-refractivity contribution in [3.05, 3.63) is 53.9 Å². The van der Waals surface area contributed by atoms with Crippen molar-refractivity contribution in [2.24, 2.45) is 5.92 Å². The number of pyridine rings is 1. The van der Waals surface area contributed by atoms with E-state index >= 15 is 0 Å². The first-order valence-electron chi connectivity index (χ1n) is 7.83. The summed E-state index contributed by atoms with van der Waals surface area (Å²) < 4.78 is 42.4. The Bertz CT molecular complexity index is 999. The van der Waals surface area contributed by atoms with E-state index in [1.807, 2.05) is 0 Å². The molecule has 2 unspecified atom stereocenters. The van der Waals surface area contributed by atoms with Gasteiger partial charge < -0.3 is 5.32 Å². The molecular weight excluding hydrogens is 331 g/mol. The molecule has 0 aliphatic heterocycles. The summed E-state index contributed by atoms with van der Waals surface area (Å²) in [5, 5.41) is 2.33. The van der Waals surface area contributed by atoms with E-state index in [9.17, 15) is 18.0 Å². The van der Waals surface area contributed by atoms with E-state index < -0.39 is 23.9 Å². The normalized spacial score (nSPS) is 19.2. The molecule has 1 aliphatic rings. The topological polar surface area (TPSA) is 46.4 Å². The second kappa shape index (κ2) is 5.61. The summed E-state index contributed by atoms with van der Waals surface area (Å²) in [5.74, 6) is -2.64. The van der Waals surface area contributed by atoms with Crippen molar-refractivity contribution in [2.45, 2.75) is 19.5 Å². The summed E-state index contributed by atoms with van der Waals surface area (Å²) in [6.45, 7) is 1.65. The molecule has 2 heterocycles. The predicted octanol–water partition coefficient (Wildman–Crippen LogP) is 3.88. The molecule has 0 radical (unpaired) electrons. The Hall–Kier alpha value is -2.83. The first-order chi connectivity index (χ1) is 12.0. The van der Waals surface area contributed by atoms with Crippen molar-refractivity contribution in [1.82, 2.24) is 9.38 Å². The standard InChI is InChI=1S/C18H14F3N3O/c1-9-11(3-2-4-13(9)19)10-5-6-15-22-17(16(21)24(15)8-10)23-18(25)12-7-14(12)20/h2-6,8,12,14H,7H2,1H3,(H,23,25). The Morgan fingerprint density at radius 1 is 1.28 bits per heavy atom. The van der Waals surface area contributed by atoms with Gasteiger partial charge in [0.2, 0.25) is 11.9 Å². The maximum atomic E-state index is 14.6. The Balaban J connectivity index is 1.72. The molecule has 0 saturated heterocycles. The minimum Gasteiger partial charge on any atom is -0.307 e. The molecule has 7 heteroatoms. The zero-order chi connectivity index (χ0) is 17.7. The smallest absolute Gasteiger partial charge is 0.242 e. The van der Waals surface area contributed by atoms with Gasteiger partial charge in [0.25, 0.3) is 0 Å². The molecule has 1 fully saturated rings. The lowest BCUT2D eigenvalue weighted by Crippen LogP contribution is -2.16. The maximum Gasteiger partial charge on any atom is 0.242 e. The van der Waals surface area contributed by atoms with E-state index in [1.165, 1.54) is 16.7 Å². The number of nitrogens with one attached hydrogen (secondary N) is 1.